The minimum Gasteiger partial charge on any atom is -0.382 e. The van der Waals surface area contributed by atoms with Crippen LogP contribution in [0.25, 0.3) is 11.3 Å². The number of aromatic amines is 1. The fourth-order valence-electron chi connectivity index (χ4n) is 1.61. The summed E-state index contributed by atoms with van der Waals surface area (Å²) in [4.78, 5) is 1.31. The summed E-state index contributed by atoms with van der Waals surface area (Å²) in [6.07, 6.45) is 2.69. The lowest BCUT2D eigenvalue weighted by Gasteiger charge is -2.05. The van der Waals surface area contributed by atoms with Crippen molar-refractivity contribution in [1.29, 1.82) is 0 Å². The molecule has 17 heavy (non-hydrogen) atoms. The van der Waals surface area contributed by atoms with Crippen LogP contribution in [-0.2, 0) is 0 Å². The summed E-state index contributed by atoms with van der Waals surface area (Å²) in [6.45, 7) is 0. The van der Waals surface area contributed by atoms with Gasteiger partial charge >= 0.3 is 0 Å². The van der Waals surface area contributed by atoms with Crippen LogP contribution in [-0.4, -0.2) is 15.4 Å². The first-order valence-corrected chi connectivity index (χ1v) is 7.17. The molecule has 0 bridgehead atoms. The van der Waals surface area contributed by atoms with E-state index in [1.807, 2.05) is 17.8 Å². The molecule has 1 saturated carbocycles. The number of nitrogens with zero attached hydrogens (tertiary/aromatic N) is 1. The van der Waals surface area contributed by atoms with Crippen LogP contribution in [0.15, 0.2) is 33.6 Å². The Labute approximate surface area is 112 Å². The molecule has 0 saturated heterocycles. The molecule has 5 heteroatoms. The number of nitrogens with one attached hydrogen (secondary N) is 1. The minimum atomic E-state index is 0.521. The van der Waals surface area contributed by atoms with E-state index >= 15 is 0 Å². The minimum absolute atomic E-state index is 0.521. The summed E-state index contributed by atoms with van der Waals surface area (Å²) >= 11 is 5.57. The van der Waals surface area contributed by atoms with Gasteiger partial charge in [0, 0.05) is 26.2 Å². The Bertz CT molecular complexity index is 548. The van der Waals surface area contributed by atoms with E-state index in [2.05, 4.69) is 44.3 Å². The molecule has 1 fully saturated rings. The second-order valence-corrected chi connectivity index (χ2v) is 6.37. The lowest BCUT2D eigenvalue weighted by molar-refractivity contribution is 1.10. The molecule has 1 aromatic heterocycles. The zero-order valence-corrected chi connectivity index (χ0v) is 11.5. The summed E-state index contributed by atoms with van der Waals surface area (Å²) in [7, 11) is 0. The summed E-state index contributed by atoms with van der Waals surface area (Å²) in [5, 5.41) is 7.67. The first-order valence-electron chi connectivity index (χ1n) is 5.50. The number of thioether (sulfide) groups is 1. The van der Waals surface area contributed by atoms with Crippen LogP contribution in [0.4, 0.5) is 5.82 Å². The molecular weight excluding hydrogens is 298 g/mol. The van der Waals surface area contributed by atoms with E-state index in [-0.39, 0.29) is 0 Å². The third-order valence-electron chi connectivity index (χ3n) is 2.66. The van der Waals surface area contributed by atoms with E-state index in [1.54, 1.807) is 0 Å². The SMILES string of the molecule is Nc1cc(-c2ccc(SC3CC3)c(Br)c2)[nH]n1. The number of anilines is 1. The van der Waals surface area contributed by atoms with Gasteiger partial charge in [0.05, 0.1) is 5.69 Å². The molecule has 3 rings (SSSR count). The molecular formula is C12H12BrN3S. The summed E-state index contributed by atoms with van der Waals surface area (Å²) in [6, 6.07) is 8.20. The van der Waals surface area contributed by atoms with Crippen molar-refractivity contribution in [3.63, 3.8) is 0 Å². The molecule has 0 spiro atoms. The maximum Gasteiger partial charge on any atom is 0.145 e. The Balaban J connectivity index is 1.89. The van der Waals surface area contributed by atoms with Gasteiger partial charge in [0.2, 0.25) is 0 Å². The van der Waals surface area contributed by atoms with Crippen molar-refractivity contribution in [3.05, 3.63) is 28.7 Å². The molecule has 88 valence electrons. The zero-order chi connectivity index (χ0) is 11.8. The largest absolute Gasteiger partial charge is 0.382 e. The third kappa shape index (κ3) is 2.50. The standard InChI is InChI=1S/C12H12BrN3S/c13-9-5-7(10-6-12(14)16-15-10)1-4-11(9)17-8-2-3-8/h1,4-6,8H,2-3H2,(H3,14,15,16). The first-order chi connectivity index (χ1) is 8.22. The molecule has 0 amide bonds. The van der Waals surface area contributed by atoms with E-state index in [4.69, 9.17) is 5.73 Å². The summed E-state index contributed by atoms with van der Waals surface area (Å²) in [5.74, 6) is 0.521. The van der Waals surface area contributed by atoms with Crippen molar-refractivity contribution >= 4 is 33.5 Å². The van der Waals surface area contributed by atoms with Crippen LogP contribution in [0.2, 0.25) is 0 Å². The number of halogens is 1. The van der Waals surface area contributed by atoms with Crippen molar-refractivity contribution in [2.75, 3.05) is 5.73 Å². The van der Waals surface area contributed by atoms with Gasteiger partial charge in [0.1, 0.15) is 5.82 Å². The monoisotopic (exact) mass is 309 g/mol. The second kappa shape index (κ2) is 4.38. The van der Waals surface area contributed by atoms with E-state index < -0.39 is 0 Å². The zero-order valence-electron chi connectivity index (χ0n) is 9.11. The Morgan fingerprint density at radius 3 is 2.76 bits per heavy atom. The predicted molar refractivity (Wildman–Crippen MR) is 75.0 cm³/mol. The molecule has 1 aromatic carbocycles. The van der Waals surface area contributed by atoms with Crippen LogP contribution < -0.4 is 5.73 Å². The number of rotatable bonds is 3. The smallest absolute Gasteiger partial charge is 0.145 e. The Morgan fingerprint density at radius 2 is 2.18 bits per heavy atom. The number of hydrogen-bond donors (Lipinski definition) is 2. The average molecular weight is 310 g/mol. The highest BCUT2D eigenvalue weighted by Crippen LogP contribution is 2.42. The number of nitrogens with two attached hydrogens (primary N) is 1. The van der Waals surface area contributed by atoms with Gasteiger partial charge in [0.15, 0.2) is 0 Å². The maximum absolute atomic E-state index is 5.60. The topological polar surface area (TPSA) is 54.7 Å². The highest BCUT2D eigenvalue weighted by Gasteiger charge is 2.23. The average Bonchev–Trinajstić information content (AvgIpc) is 3.02. The van der Waals surface area contributed by atoms with Crippen LogP contribution in [0.5, 0.6) is 0 Å². The van der Waals surface area contributed by atoms with E-state index in [0.717, 1.165) is 21.0 Å². The lowest BCUT2D eigenvalue weighted by Crippen LogP contribution is -1.82. The normalized spacial score (nSPS) is 15.1. The molecule has 0 radical (unpaired) electrons. The molecule has 1 aliphatic carbocycles. The van der Waals surface area contributed by atoms with Gasteiger partial charge < -0.3 is 5.73 Å². The highest BCUT2D eigenvalue weighted by molar-refractivity contribution is 9.10. The Morgan fingerprint density at radius 1 is 1.35 bits per heavy atom. The quantitative estimate of drug-likeness (QED) is 0.909. The van der Waals surface area contributed by atoms with Crippen molar-refractivity contribution in [2.24, 2.45) is 0 Å². The molecule has 1 heterocycles. The van der Waals surface area contributed by atoms with Gasteiger partial charge in [-0.15, -0.1) is 11.8 Å². The summed E-state index contributed by atoms with van der Waals surface area (Å²) in [5.41, 5.74) is 7.65. The molecule has 2 aromatic rings. The highest BCUT2D eigenvalue weighted by atomic mass is 79.9. The molecule has 0 aliphatic heterocycles. The van der Waals surface area contributed by atoms with Gasteiger partial charge in [-0.05, 0) is 40.9 Å². The van der Waals surface area contributed by atoms with Crippen molar-refractivity contribution in [1.82, 2.24) is 10.2 Å². The van der Waals surface area contributed by atoms with Crippen LogP contribution >= 0.6 is 27.7 Å². The summed E-state index contributed by atoms with van der Waals surface area (Å²) < 4.78 is 1.14. The van der Waals surface area contributed by atoms with Crippen molar-refractivity contribution < 1.29 is 0 Å². The molecule has 3 N–H and O–H groups in total. The van der Waals surface area contributed by atoms with E-state index in [1.165, 1.54) is 17.7 Å². The molecule has 3 nitrogen and oxygen atoms in total. The number of aromatic nitrogens is 2. The number of hydrogen-bond acceptors (Lipinski definition) is 3. The molecule has 1 aliphatic rings. The van der Waals surface area contributed by atoms with Crippen LogP contribution in [0, 0.1) is 0 Å². The molecule has 0 atom stereocenters. The van der Waals surface area contributed by atoms with E-state index in [9.17, 15) is 0 Å². The lowest BCUT2D eigenvalue weighted by atomic mass is 10.1. The van der Waals surface area contributed by atoms with Crippen LogP contribution in [0.3, 0.4) is 0 Å². The van der Waals surface area contributed by atoms with Crippen LogP contribution in [0.1, 0.15) is 12.8 Å². The predicted octanol–water partition coefficient (Wildman–Crippen LogP) is 3.68. The van der Waals surface area contributed by atoms with Gasteiger partial charge in [-0.1, -0.05) is 6.07 Å². The first kappa shape index (κ1) is 11.2. The number of benzene rings is 1. The Hall–Kier alpha value is -0.940. The van der Waals surface area contributed by atoms with E-state index in [0.29, 0.717) is 5.82 Å². The maximum atomic E-state index is 5.60. The second-order valence-electron chi connectivity index (χ2n) is 4.17. The van der Waals surface area contributed by atoms with Crippen molar-refractivity contribution in [2.45, 2.75) is 23.0 Å². The van der Waals surface area contributed by atoms with Gasteiger partial charge in [0.25, 0.3) is 0 Å². The number of nitrogen functional groups attached to an aromatic ring is 1. The van der Waals surface area contributed by atoms with Gasteiger partial charge in [-0.25, -0.2) is 0 Å². The number of H-pyrrole nitrogens is 1. The Kier molecular flexibility index (Phi) is 2.88. The molecule has 0 unspecified atom stereocenters. The fourth-order valence-corrected chi connectivity index (χ4v) is 3.32. The van der Waals surface area contributed by atoms with Crippen molar-refractivity contribution in [3.8, 4) is 11.3 Å². The fraction of sp³-hybridized carbons (Fsp3) is 0.250. The van der Waals surface area contributed by atoms with Gasteiger partial charge in [-0.3, -0.25) is 5.10 Å². The third-order valence-corrected chi connectivity index (χ3v) is 4.99. The van der Waals surface area contributed by atoms with Gasteiger partial charge in [-0.2, -0.15) is 5.10 Å².